The van der Waals surface area contributed by atoms with Crippen LogP contribution in [0.4, 0.5) is 5.69 Å². The molecule has 106 valence electrons. The number of anilines is 1. The van der Waals surface area contributed by atoms with Crippen molar-refractivity contribution in [1.82, 2.24) is 4.98 Å². The van der Waals surface area contributed by atoms with Crippen LogP contribution in [-0.2, 0) is 19.4 Å². The van der Waals surface area contributed by atoms with Gasteiger partial charge in [0.05, 0.1) is 18.3 Å². The Morgan fingerprint density at radius 3 is 2.86 bits per heavy atom. The topological polar surface area (TPSA) is 38.1 Å². The van der Waals surface area contributed by atoms with Crippen molar-refractivity contribution in [2.45, 2.75) is 32.2 Å². The third kappa shape index (κ3) is 2.29. The normalized spacial score (nSPS) is 14.1. The molecule has 21 heavy (non-hydrogen) atoms. The van der Waals surface area contributed by atoms with Crippen molar-refractivity contribution in [3.8, 4) is 0 Å². The average Bonchev–Trinajstić information content (AvgIpc) is 3.05. The second-order valence-electron chi connectivity index (χ2n) is 5.57. The first-order chi connectivity index (χ1) is 10.4. The molecule has 3 nitrogen and oxygen atoms in total. The molecule has 4 rings (SSSR count). The molecule has 0 fully saturated rings. The number of fused-ring (bicyclic) bond motifs is 2. The van der Waals surface area contributed by atoms with Crippen molar-refractivity contribution in [1.29, 1.82) is 0 Å². The van der Waals surface area contributed by atoms with Crippen LogP contribution in [0.1, 0.15) is 29.9 Å². The molecule has 3 aromatic rings. The van der Waals surface area contributed by atoms with E-state index in [-0.39, 0.29) is 0 Å². The molecule has 0 radical (unpaired) electrons. The first-order valence-corrected chi connectivity index (χ1v) is 7.58. The zero-order valence-corrected chi connectivity index (χ0v) is 11.9. The fraction of sp³-hybridized carbons (Fsp3) is 0.278. The van der Waals surface area contributed by atoms with Gasteiger partial charge in [-0.3, -0.25) is 4.98 Å². The van der Waals surface area contributed by atoms with Crippen LogP contribution in [-0.4, -0.2) is 4.98 Å². The molecule has 1 N–H and O–H groups in total. The molecule has 2 heterocycles. The molecule has 3 heteroatoms. The van der Waals surface area contributed by atoms with E-state index in [1.807, 2.05) is 12.1 Å². The zero-order chi connectivity index (χ0) is 14.1. The quantitative estimate of drug-likeness (QED) is 0.775. The summed E-state index contributed by atoms with van der Waals surface area (Å²) >= 11 is 0. The Morgan fingerprint density at radius 2 is 1.95 bits per heavy atom. The van der Waals surface area contributed by atoms with E-state index < -0.39 is 0 Å². The lowest BCUT2D eigenvalue weighted by molar-refractivity contribution is 0.518. The Morgan fingerprint density at radius 1 is 1.05 bits per heavy atom. The summed E-state index contributed by atoms with van der Waals surface area (Å²) < 4.78 is 5.43. The number of hydrogen-bond donors (Lipinski definition) is 1. The van der Waals surface area contributed by atoms with Crippen LogP contribution in [0.2, 0.25) is 0 Å². The molecular weight excluding hydrogens is 260 g/mol. The van der Waals surface area contributed by atoms with Crippen LogP contribution >= 0.6 is 0 Å². The van der Waals surface area contributed by atoms with E-state index in [2.05, 4.69) is 29.6 Å². The first-order valence-electron chi connectivity index (χ1n) is 7.58. The average molecular weight is 278 g/mol. The Bertz CT molecular complexity index is 762. The second-order valence-corrected chi connectivity index (χ2v) is 5.57. The number of rotatable bonds is 3. The van der Waals surface area contributed by atoms with Crippen LogP contribution in [0.5, 0.6) is 0 Å². The molecule has 0 aliphatic heterocycles. The number of aryl methyl sites for hydroxylation is 1. The van der Waals surface area contributed by atoms with Gasteiger partial charge in [0, 0.05) is 16.8 Å². The number of para-hydroxylation sites is 1. The van der Waals surface area contributed by atoms with Gasteiger partial charge in [0.15, 0.2) is 0 Å². The number of hydrogen-bond acceptors (Lipinski definition) is 3. The Labute approximate surface area is 124 Å². The maximum absolute atomic E-state index is 5.43. The van der Waals surface area contributed by atoms with E-state index in [9.17, 15) is 0 Å². The molecule has 0 unspecified atom stereocenters. The molecular formula is C18H18N2O. The summed E-state index contributed by atoms with van der Waals surface area (Å²) in [4.78, 5) is 4.86. The number of benzene rings is 1. The van der Waals surface area contributed by atoms with Crippen molar-refractivity contribution in [3.05, 3.63) is 59.7 Å². The minimum absolute atomic E-state index is 0.716. The number of aromatic nitrogens is 1. The summed E-state index contributed by atoms with van der Waals surface area (Å²) in [6, 6.07) is 12.3. The van der Waals surface area contributed by atoms with E-state index in [1.165, 1.54) is 35.2 Å². The Hall–Kier alpha value is -2.29. The first kappa shape index (κ1) is 12.5. The van der Waals surface area contributed by atoms with Gasteiger partial charge in [-0.1, -0.05) is 18.2 Å². The highest BCUT2D eigenvalue weighted by molar-refractivity contribution is 5.93. The van der Waals surface area contributed by atoms with Gasteiger partial charge in [0.25, 0.3) is 0 Å². The van der Waals surface area contributed by atoms with Crippen LogP contribution in [0.15, 0.2) is 47.1 Å². The number of nitrogens with zero attached hydrogens (tertiary/aromatic N) is 1. The van der Waals surface area contributed by atoms with Crippen LogP contribution < -0.4 is 5.32 Å². The fourth-order valence-corrected chi connectivity index (χ4v) is 3.16. The smallest absolute Gasteiger partial charge is 0.122 e. The van der Waals surface area contributed by atoms with Gasteiger partial charge < -0.3 is 9.73 Å². The van der Waals surface area contributed by atoms with Gasteiger partial charge in [-0.05, 0) is 49.4 Å². The van der Waals surface area contributed by atoms with Crippen molar-refractivity contribution < 1.29 is 4.42 Å². The Kier molecular flexibility index (Phi) is 3.11. The number of nitrogens with one attached hydrogen (secondary N) is 1. The number of furan rings is 1. The fourth-order valence-electron chi connectivity index (χ4n) is 3.16. The maximum atomic E-state index is 5.43. The van der Waals surface area contributed by atoms with E-state index in [0.717, 1.165) is 24.1 Å². The summed E-state index contributed by atoms with van der Waals surface area (Å²) in [5.41, 5.74) is 4.99. The monoisotopic (exact) mass is 278 g/mol. The predicted octanol–water partition coefficient (Wildman–Crippen LogP) is 4.32. The molecule has 0 amide bonds. The lowest BCUT2D eigenvalue weighted by Gasteiger charge is -2.21. The zero-order valence-electron chi connectivity index (χ0n) is 11.9. The summed E-state index contributed by atoms with van der Waals surface area (Å²) in [6.45, 7) is 0.716. The SMILES string of the molecule is c1coc(CNc2c3c(nc4ccccc24)CCCC3)c1. The van der Waals surface area contributed by atoms with Crippen LogP contribution in [0, 0.1) is 0 Å². The van der Waals surface area contributed by atoms with Crippen molar-refractivity contribution in [2.75, 3.05) is 5.32 Å². The van der Waals surface area contributed by atoms with Crippen LogP contribution in [0.25, 0.3) is 10.9 Å². The van der Waals surface area contributed by atoms with Crippen LogP contribution in [0.3, 0.4) is 0 Å². The summed E-state index contributed by atoms with van der Waals surface area (Å²) in [7, 11) is 0. The molecule has 0 saturated heterocycles. The van der Waals surface area contributed by atoms with Crippen molar-refractivity contribution in [3.63, 3.8) is 0 Å². The van der Waals surface area contributed by atoms with Gasteiger partial charge in [0.1, 0.15) is 5.76 Å². The molecule has 1 aliphatic carbocycles. The van der Waals surface area contributed by atoms with E-state index in [0.29, 0.717) is 6.54 Å². The van der Waals surface area contributed by atoms with Gasteiger partial charge in [-0.25, -0.2) is 0 Å². The van der Waals surface area contributed by atoms with Gasteiger partial charge >= 0.3 is 0 Å². The Balaban J connectivity index is 1.80. The third-order valence-corrected chi connectivity index (χ3v) is 4.19. The molecule has 1 aliphatic rings. The maximum Gasteiger partial charge on any atom is 0.122 e. The lowest BCUT2D eigenvalue weighted by Crippen LogP contribution is -2.11. The summed E-state index contributed by atoms with van der Waals surface area (Å²) in [6.07, 6.45) is 6.43. The van der Waals surface area contributed by atoms with Crippen molar-refractivity contribution >= 4 is 16.6 Å². The molecule has 2 aromatic heterocycles. The molecule has 1 aromatic carbocycles. The highest BCUT2D eigenvalue weighted by atomic mass is 16.3. The molecule has 0 atom stereocenters. The van der Waals surface area contributed by atoms with Gasteiger partial charge in [-0.15, -0.1) is 0 Å². The minimum Gasteiger partial charge on any atom is -0.467 e. The highest BCUT2D eigenvalue weighted by Crippen LogP contribution is 2.33. The summed E-state index contributed by atoms with van der Waals surface area (Å²) in [5.74, 6) is 0.959. The van der Waals surface area contributed by atoms with Gasteiger partial charge in [-0.2, -0.15) is 0 Å². The standard InChI is InChI=1S/C18H18N2O/c1-3-9-16-14(7-1)18(19-12-13-6-5-11-21-13)15-8-2-4-10-17(15)20-16/h1,3,5-7,9,11H,2,4,8,10,12H2,(H,19,20). The van der Waals surface area contributed by atoms with E-state index >= 15 is 0 Å². The van der Waals surface area contributed by atoms with E-state index in [4.69, 9.17) is 9.40 Å². The van der Waals surface area contributed by atoms with E-state index in [1.54, 1.807) is 6.26 Å². The number of pyridine rings is 1. The van der Waals surface area contributed by atoms with Gasteiger partial charge in [0.2, 0.25) is 0 Å². The minimum atomic E-state index is 0.716. The third-order valence-electron chi connectivity index (χ3n) is 4.19. The largest absolute Gasteiger partial charge is 0.467 e. The summed E-state index contributed by atoms with van der Waals surface area (Å²) in [5, 5.41) is 4.80. The molecule has 0 spiro atoms. The lowest BCUT2D eigenvalue weighted by atomic mass is 9.92. The highest BCUT2D eigenvalue weighted by Gasteiger charge is 2.17. The second kappa shape index (κ2) is 5.24. The molecule has 0 saturated carbocycles. The molecule has 0 bridgehead atoms. The predicted molar refractivity (Wildman–Crippen MR) is 84.4 cm³/mol. The van der Waals surface area contributed by atoms with Crippen molar-refractivity contribution in [2.24, 2.45) is 0 Å².